The van der Waals surface area contributed by atoms with E-state index in [1.165, 1.54) is 0 Å². The normalized spacial score (nSPS) is 14.8. The molecule has 1 saturated heterocycles. The summed E-state index contributed by atoms with van der Waals surface area (Å²) in [5.41, 5.74) is 0.669. The maximum atomic E-state index is 12.0. The highest BCUT2D eigenvalue weighted by molar-refractivity contribution is 5.89. The fourth-order valence-electron chi connectivity index (χ4n) is 2.48. The van der Waals surface area contributed by atoms with E-state index < -0.39 is 18.1 Å². The molecule has 7 heteroatoms. The number of likely N-dealkylation sites (tertiary alicyclic amines) is 1. The molecule has 0 spiro atoms. The molecule has 1 fully saturated rings. The summed E-state index contributed by atoms with van der Waals surface area (Å²) >= 11 is 0. The Morgan fingerprint density at radius 2 is 1.83 bits per heavy atom. The van der Waals surface area contributed by atoms with E-state index in [-0.39, 0.29) is 18.9 Å². The number of anilines is 1. The van der Waals surface area contributed by atoms with Crippen molar-refractivity contribution in [2.24, 2.45) is 0 Å². The Morgan fingerprint density at radius 3 is 2.50 bits per heavy atom. The molecule has 0 aliphatic carbocycles. The fourth-order valence-corrected chi connectivity index (χ4v) is 2.48. The Morgan fingerprint density at radius 1 is 1.17 bits per heavy atom. The minimum absolute atomic E-state index is 0.0137. The Kier molecular flexibility index (Phi) is 6.60. The standard InChI is InChI=1S/C17H23N3O4/c1-13(16(22)20-11-5-6-12-20)24-15(21)9-10-18-17(23)19-14-7-3-2-4-8-14/h2-4,7-8,13H,5-6,9-12H2,1H3,(H2,18,19,23)/t13-/m1/s1. The van der Waals surface area contributed by atoms with Gasteiger partial charge in [0.05, 0.1) is 6.42 Å². The van der Waals surface area contributed by atoms with E-state index in [9.17, 15) is 14.4 Å². The van der Waals surface area contributed by atoms with Gasteiger partial charge in [0.2, 0.25) is 0 Å². The van der Waals surface area contributed by atoms with E-state index in [2.05, 4.69) is 10.6 Å². The van der Waals surface area contributed by atoms with Crippen molar-refractivity contribution >= 4 is 23.6 Å². The molecule has 1 heterocycles. The summed E-state index contributed by atoms with van der Waals surface area (Å²) in [5, 5.41) is 5.22. The van der Waals surface area contributed by atoms with Crippen molar-refractivity contribution in [3.63, 3.8) is 0 Å². The molecule has 0 saturated carbocycles. The minimum atomic E-state index is -0.784. The van der Waals surface area contributed by atoms with Gasteiger partial charge in [-0.1, -0.05) is 18.2 Å². The first-order chi connectivity index (χ1) is 11.6. The lowest BCUT2D eigenvalue weighted by molar-refractivity contribution is -0.158. The van der Waals surface area contributed by atoms with Crippen molar-refractivity contribution in [2.75, 3.05) is 25.0 Å². The minimum Gasteiger partial charge on any atom is -0.452 e. The summed E-state index contributed by atoms with van der Waals surface area (Å²) in [4.78, 5) is 37.2. The summed E-state index contributed by atoms with van der Waals surface area (Å²) in [6.45, 7) is 3.17. The number of nitrogens with zero attached hydrogens (tertiary/aromatic N) is 1. The van der Waals surface area contributed by atoms with Crippen LogP contribution in [0.25, 0.3) is 0 Å². The largest absolute Gasteiger partial charge is 0.452 e. The van der Waals surface area contributed by atoms with Crippen LogP contribution in [0.5, 0.6) is 0 Å². The highest BCUT2D eigenvalue weighted by Gasteiger charge is 2.25. The lowest BCUT2D eigenvalue weighted by Crippen LogP contribution is -2.38. The van der Waals surface area contributed by atoms with Crippen LogP contribution in [-0.4, -0.2) is 48.5 Å². The highest BCUT2D eigenvalue weighted by atomic mass is 16.5. The van der Waals surface area contributed by atoms with Crippen LogP contribution in [0, 0.1) is 0 Å². The number of benzene rings is 1. The summed E-state index contributed by atoms with van der Waals surface area (Å²) in [5.74, 6) is -0.661. The Balaban J connectivity index is 1.63. The van der Waals surface area contributed by atoms with Crippen LogP contribution in [-0.2, 0) is 14.3 Å². The Hall–Kier alpha value is -2.57. The molecule has 0 bridgehead atoms. The third-order valence-corrected chi connectivity index (χ3v) is 3.72. The molecular weight excluding hydrogens is 310 g/mol. The molecule has 1 aliphatic heterocycles. The molecule has 2 N–H and O–H groups in total. The average Bonchev–Trinajstić information content (AvgIpc) is 3.09. The number of nitrogens with one attached hydrogen (secondary N) is 2. The van der Waals surface area contributed by atoms with Gasteiger partial charge in [-0.2, -0.15) is 0 Å². The van der Waals surface area contributed by atoms with Crippen molar-refractivity contribution in [1.29, 1.82) is 0 Å². The van der Waals surface area contributed by atoms with Crippen LogP contribution >= 0.6 is 0 Å². The number of amides is 3. The molecule has 1 aromatic carbocycles. The molecule has 3 amide bonds. The van der Waals surface area contributed by atoms with Crippen LogP contribution in [0.4, 0.5) is 10.5 Å². The van der Waals surface area contributed by atoms with Gasteiger partial charge >= 0.3 is 12.0 Å². The van der Waals surface area contributed by atoms with Gasteiger partial charge in [0.15, 0.2) is 6.10 Å². The number of esters is 1. The molecular formula is C17H23N3O4. The second kappa shape index (κ2) is 8.90. The lowest BCUT2D eigenvalue weighted by atomic mass is 10.3. The number of rotatable bonds is 6. The van der Waals surface area contributed by atoms with E-state index >= 15 is 0 Å². The number of carbonyl (C=O) groups is 3. The molecule has 24 heavy (non-hydrogen) atoms. The first-order valence-electron chi connectivity index (χ1n) is 8.14. The van der Waals surface area contributed by atoms with E-state index in [0.717, 1.165) is 25.9 Å². The molecule has 1 aliphatic rings. The van der Waals surface area contributed by atoms with Crippen LogP contribution in [0.1, 0.15) is 26.2 Å². The van der Waals surface area contributed by atoms with Gasteiger partial charge in [0.25, 0.3) is 5.91 Å². The topological polar surface area (TPSA) is 87.7 Å². The molecule has 1 aromatic rings. The van der Waals surface area contributed by atoms with Gasteiger partial charge in [-0.3, -0.25) is 9.59 Å². The smallest absolute Gasteiger partial charge is 0.319 e. The van der Waals surface area contributed by atoms with Crippen molar-refractivity contribution in [1.82, 2.24) is 10.2 Å². The van der Waals surface area contributed by atoms with Gasteiger partial charge in [-0.05, 0) is 31.9 Å². The summed E-state index contributed by atoms with van der Waals surface area (Å²) in [6.07, 6.45) is 1.22. The molecule has 0 aromatic heterocycles. The SMILES string of the molecule is C[C@@H](OC(=O)CCNC(=O)Nc1ccccc1)C(=O)N1CCCC1. The van der Waals surface area contributed by atoms with Gasteiger partial charge < -0.3 is 20.3 Å². The fraction of sp³-hybridized carbons (Fsp3) is 0.471. The first-order valence-corrected chi connectivity index (χ1v) is 8.14. The molecule has 0 unspecified atom stereocenters. The van der Waals surface area contributed by atoms with Crippen molar-refractivity contribution in [2.45, 2.75) is 32.3 Å². The van der Waals surface area contributed by atoms with Gasteiger partial charge in [0.1, 0.15) is 0 Å². The van der Waals surface area contributed by atoms with Crippen LogP contribution in [0.3, 0.4) is 0 Å². The maximum Gasteiger partial charge on any atom is 0.319 e. The first kappa shape index (κ1) is 17.8. The lowest BCUT2D eigenvalue weighted by Gasteiger charge is -2.20. The molecule has 7 nitrogen and oxygen atoms in total. The predicted octanol–water partition coefficient (Wildman–Crippen LogP) is 1.75. The number of hydrogen-bond donors (Lipinski definition) is 2. The van der Waals surface area contributed by atoms with E-state index in [1.807, 2.05) is 18.2 Å². The Labute approximate surface area is 141 Å². The van der Waals surface area contributed by atoms with Crippen molar-refractivity contribution in [3.8, 4) is 0 Å². The predicted molar refractivity (Wildman–Crippen MR) is 89.4 cm³/mol. The third kappa shape index (κ3) is 5.57. The van der Waals surface area contributed by atoms with Gasteiger partial charge in [0, 0.05) is 25.3 Å². The number of hydrogen-bond acceptors (Lipinski definition) is 4. The van der Waals surface area contributed by atoms with Crippen LogP contribution in [0.2, 0.25) is 0 Å². The zero-order valence-electron chi connectivity index (χ0n) is 13.8. The average molecular weight is 333 g/mol. The number of carbonyl (C=O) groups excluding carboxylic acids is 3. The van der Waals surface area contributed by atoms with Gasteiger partial charge in [-0.25, -0.2) is 4.79 Å². The Bertz CT molecular complexity index is 570. The summed E-state index contributed by atoms with van der Waals surface area (Å²) in [7, 11) is 0. The highest BCUT2D eigenvalue weighted by Crippen LogP contribution is 2.10. The summed E-state index contributed by atoms with van der Waals surface area (Å²) in [6, 6.07) is 8.61. The van der Waals surface area contributed by atoms with Gasteiger partial charge in [-0.15, -0.1) is 0 Å². The molecule has 2 rings (SSSR count). The number of ether oxygens (including phenoxy) is 1. The van der Waals surface area contributed by atoms with Crippen LogP contribution in [0.15, 0.2) is 30.3 Å². The maximum absolute atomic E-state index is 12.0. The van der Waals surface area contributed by atoms with Crippen molar-refractivity contribution in [3.05, 3.63) is 30.3 Å². The quantitative estimate of drug-likeness (QED) is 0.777. The third-order valence-electron chi connectivity index (χ3n) is 3.72. The van der Waals surface area contributed by atoms with Crippen molar-refractivity contribution < 1.29 is 19.1 Å². The van der Waals surface area contributed by atoms with E-state index in [4.69, 9.17) is 4.74 Å². The molecule has 0 radical (unpaired) electrons. The second-order valence-corrected chi connectivity index (χ2v) is 5.66. The van der Waals surface area contributed by atoms with Crippen LogP contribution < -0.4 is 10.6 Å². The monoisotopic (exact) mass is 333 g/mol. The van der Waals surface area contributed by atoms with E-state index in [1.54, 1.807) is 24.0 Å². The molecule has 1 atom stereocenters. The summed E-state index contributed by atoms with van der Waals surface area (Å²) < 4.78 is 5.12. The second-order valence-electron chi connectivity index (χ2n) is 5.66. The zero-order valence-corrected chi connectivity index (χ0v) is 13.8. The van der Waals surface area contributed by atoms with E-state index in [0.29, 0.717) is 5.69 Å². The molecule has 130 valence electrons. The number of para-hydroxylation sites is 1. The number of urea groups is 1. The zero-order chi connectivity index (χ0) is 17.4.